The first-order chi connectivity index (χ1) is 8.06. The zero-order valence-electron chi connectivity index (χ0n) is 8.75. The van der Waals surface area contributed by atoms with E-state index >= 15 is 0 Å². The predicted molar refractivity (Wildman–Crippen MR) is 57.7 cm³/mol. The molecule has 0 atom stereocenters. The fourth-order valence-corrected chi connectivity index (χ4v) is 2.07. The maximum Gasteiger partial charge on any atom is 0.324 e. The summed E-state index contributed by atoms with van der Waals surface area (Å²) in [6.07, 6.45) is 1.60. The molecule has 0 amide bonds. The molecule has 7 nitrogen and oxygen atoms in total. The Bertz CT molecular complexity index is 524. The van der Waals surface area contributed by atoms with E-state index in [1.54, 1.807) is 0 Å². The predicted octanol–water partition coefficient (Wildman–Crippen LogP) is 1.52. The van der Waals surface area contributed by atoms with Gasteiger partial charge in [-0.25, -0.2) is 0 Å². The van der Waals surface area contributed by atoms with Gasteiger partial charge in [-0.1, -0.05) is 5.16 Å². The maximum absolute atomic E-state index is 10.9. The van der Waals surface area contributed by atoms with Crippen LogP contribution in [0.2, 0.25) is 0 Å². The number of benzene rings is 1. The number of fused-ring (bicyclic) bond motifs is 1. The second kappa shape index (κ2) is 3.93. The molecule has 0 bridgehead atoms. The van der Waals surface area contributed by atoms with Gasteiger partial charge in [0.2, 0.25) is 5.75 Å². The molecule has 7 heteroatoms. The number of phenolic OH excluding ortho intramolecular Hbond substituents is 2. The normalized spacial score (nSPS) is 16.8. The first-order valence-corrected chi connectivity index (χ1v) is 4.99. The van der Waals surface area contributed by atoms with Crippen molar-refractivity contribution in [1.82, 2.24) is 0 Å². The highest BCUT2D eigenvalue weighted by atomic mass is 16.6. The van der Waals surface area contributed by atoms with Gasteiger partial charge < -0.3 is 15.4 Å². The van der Waals surface area contributed by atoms with E-state index in [2.05, 4.69) is 5.16 Å². The lowest BCUT2D eigenvalue weighted by Crippen LogP contribution is -2.14. The molecule has 0 aromatic heterocycles. The summed E-state index contributed by atoms with van der Waals surface area (Å²) in [6.45, 7) is 0. The topological polar surface area (TPSA) is 116 Å². The number of nitro benzene ring substituents is 1. The monoisotopic (exact) mass is 238 g/mol. The molecule has 1 aromatic carbocycles. The summed E-state index contributed by atoms with van der Waals surface area (Å²) in [7, 11) is 0. The second-order valence-electron chi connectivity index (χ2n) is 3.78. The van der Waals surface area contributed by atoms with Crippen LogP contribution in [-0.4, -0.2) is 26.1 Å². The van der Waals surface area contributed by atoms with Crippen LogP contribution in [0.4, 0.5) is 5.69 Å². The molecule has 1 aromatic rings. The van der Waals surface area contributed by atoms with Crippen LogP contribution < -0.4 is 0 Å². The van der Waals surface area contributed by atoms with E-state index in [1.165, 1.54) is 6.07 Å². The lowest BCUT2D eigenvalue weighted by Gasteiger charge is -2.17. The Morgan fingerprint density at radius 2 is 2.06 bits per heavy atom. The van der Waals surface area contributed by atoms with E-state index < -0.39 is 22.1 Å². The Morgan fingerprint density at radius 3 is 2.65 bits per heavy atom. The molecule has 0 heterocycles. The fraction of sp³-hybridized carbons (Fsp3) is 0.300. The third-order valence-electron chi connectivity index (χ3n) is 2.79. The van der Waals surface area contributed by atoms with Gasteiger partial charge in [0.25, 0.3) is 0 Å². The van der Waals surface area contributed by atoms with Crippen molar-refractivity contribution in [3.63, 3.8) is 0 Å². The van der Waals surface area contributed by atoms with Crippen molar-refractivity contribution >= 4 is 11.4 Å². The number of aryl methyl sites for hydroxylation is 1. The zero-order valence-corrected chi connectivity index (χ0v) is 8.75. The molecule has 0 aliphatic heterocycles. The smallest absolute Gasteiger partial charge is 0.324 e. The van der Waals surface area contributed by atoms with Crippen LogP contribution in [0.25, 0.3) is 0 Å². The first-order valence-electron chi connectivity index (χ1n) is 4.99. The van der Waals surface area contributed by atoms with Crippen LogP contribution in [-0.2, 0) is 6.42 Å². The van der Waals surface area contributed by atoms with E-state index in [9.17, 15) is 20.3 Å². The molecular weight excluding hydrogens is 228 g/mol. The number of hydrogen-bond acceptors (Lipinski definition) is 6. The molecule has 2 rings (SSSR count). The lowest BCUT2D eigenvalue weighted by atomic mass is 9.88. The van der Waals surface area contributed by atoms with E-state index in [-0.39, 0.29) is 11.3 Å². The summed E-state index contributed by atoms with van der Waals surface area (Å²) in [4.78, 5) is 10.1. The summed E-state index contributed by atoms with van der Waals surface area (Å²) in [6, 6.07) is 1.27. The van der Waals surface area contributed by atoms with Crippen molar-refractivity contribution < 1.29 is 20.3 Å². The molecule has 1 aliphatic carbocycles. The van der Waals surface area contributed by atoms with Gasteiger partial charge in [0.05, 0.1) is 16.2 Å². The average molecular weight is 238 g/mol. The second-order valence-corrected chi connectivity index (χ2v) is 3.78. The summed E-state index contributed by atoms with van der Waals surface area (Å²) in [5, 5.41) is 41.7. The van der Waals surface area contributed by atoms with Gasteiger partial charge in [-0.05, 0) is 30.9 Å². The van der Waals surface area contributed by atoms with Crippen LogP contribution in [0.5, 0.6) is 11.5 Å². The van der Waals surface area contributed by atoms with Crippen molar-refractivity contribution in [2.24, 2.45) is 5.16 Å². The third-order valence-corrected chi connectivity index (χ3v) is 2.79. The molecule has 17 heavy (non-hydrogen) atoms. The van der Waals surface area contributed by atoms with Crippen LogP contribution >= 0.6 is 0 Å². The van der Waals surface area contributed by atoms with Crippen LogP contribution in [0.1, 0.15) is 24.0 Å². The number of nitro groups is 1. The van der Waals surface area contributed by atoms with Gasteiger partial charge in [0.1, 0.15) is 0 Å². The molecule has 0 spiro atoms. The molecular formula is C10H10N2O5. The van der Waals surface area contributed by atoms with Crippen LogP contribution in [0.3, 0.4) is 0 Å². The molecule has 0 saturated carbocycles. The van der Waals surface area contributed by atoms with Gasteiger partial charge in [-0.15, -0.1) is 0 Å². The minimum atomic E-state index is -0.795. The Balaban J connectivity index is 2.80. The van der Waals surface area contributed by atoms with E-state index in [1.807, 2.05) is 0 Å². The van der Waals surface area contributed by atoms with Crippen LogP contribution in [0, 0.1) is 10.1 Å². The average Bonchev–Trinajstić information content (AvgIpc) is 2.29. The van der Waals surface area contributed by atoms with Gasteiger partial charge in [-0.2, -0.15) is 0 Å². The highest BCUT2D eigenvalue weighted by molar-refractivity contribution is 6.06. The number of aromatic hydroxyl groups is 2. The fourth-order valence-electron chi connectivity index (χ4n) is 2.07. The third kappa shape index (κ3) is 1.65. The molecule has 0 radical (unpaired) electrons. The van der Waals surface area contributed by atoms with Crippen molar-refractivity contribution in [3.05, 3.63) is 27.3 Å². The summed E-state index contributed by atoms with van der Waals surface area (Å²) < 4.78 is 0. The number of nitrogens with zero attached hydrogens (tertiary/aromatic N) is 2. The van der Waals surface area contributed by atoms with Gasteiger partial charge >= 0.3 is 5.69 Å². The number of rotatable bonds is 1. The first kappa shape index (κ1) is 11.2. The molecule has 0 saturated heterocycles. The maximum atomic E-state index is 10.9. The quantitative estimate of drug-likeness (QED) is 0.297. The Kier molecular flexibility index (Phi) is 2.58. The SMILES string of the molecule is O=[N+]([O-])c1c(O)c(O)cc2c1/C(=N/O)CCC2. The Hall–Kier alpha value is -2.31. The van der Waals surface area contributed by atoms with E-state index in [4.69, 9.17) is 5.21 Å². The highest BCUT2D eigenvalue weighted by Crippen LogP contribution is 2.42. The minimum absolute atomic E-state index is 0.110. The highest BCUT2D eigenvalue weighted by Gasteiger charge is 2.31. The van der Waals surface area contributed by atoms with Crippen molar-refractivity contribution in [2.45, 2.75) is 19.3 Å². The Morgan fingerprint density at radius 1 is 1.35 bits per heavy atom. The van der Waals surface area contributed by atoms with Gasteiger partial charge in [0, 0.05) is 0 Å². The summed E-state index contributed by atoms with van der Waals surface area (Å²) in [5.41, 5.74) is 0.172. The summed E-state index contributed by atoms with van der Waals surface area (Å²) in [5.74, 6) is -1.33. The minimum Gasteiger partial charge on any atom is -0.504 e. The van der Waals surface area contributed by atoms with Crippen LogP contribution in [0.15, 0.2) is 11.2 Å². The van der Waals surface area contributed by atoms with Crippen molar-refractivity contribution in [3.8, 4) is 11.5 Å². The molecule has 0 unspecified atom stereocenters. The van der Waals surface area contributed by atoms with Gasteiger partial charge in [-0.3, -0.25) is 10.1 Å². The molecule has 1 aliphatic rings. The summed E-state index contributed by atoms with van der Waals surface area (Å²) >= 11 is 0. The lowest BCUT2D eigenvalue weighted by molar-refractivity contribution is -0.386. The van der Waals surface area contributed by atoms with E-state index in [0.717, 1.165) is 0 Å². The standard InChI is InChI=1S/C10H10N2O5/c13-7-4-5-2-1-3-6(11-15)8(5)9(10(7)14)12(16)17/h4,13-15H,1-3H2/b11-6+. The largest absolute Gasteiger partial charge is 0.504 e. The zero-order chi connectivity index (χ0) is 12.6. The number of phenols is 2. The Labute approximate surface area is 95.8 Å². The van der Waals surface area contributed by atoms with Crippen molar-refractivity contribution in [2.75, 3.05) is 0 Å². The molecule has 0 fully saturated rings. The van der Waals surface area contributed by atoms with E-state index in [0.29, 0.717) is 24.8 Å². The molecule has 3 N–H and O–H groups in total. The number of hydrogen-bond donors (Lipinski definition) is 3. The van der Waals surface area contributed by atoms with Crippen molar-refractivity contribution in [1.29, 1.82) is 0 Å². The number of oxime groups is 1. The molecule has 90 valence electrons. The van der Waals surface area contributed by atoms with Gasteiger partial charge in [0.15, 0.2) is 5.75 Å².